The first kappa shape index (κ1) is 11.0. The van der Waals surface area contributed by atoms with E-state index in [1.807, 2.05) is 26.8 Å². The lowest BCUT2D eigenvalue weighted by atomic mass is 9.88. The Hall–Kier alpha value is -1.04. The van der Waals surface area contributed by atoms with Gasteiger partial charge >= 0.3 is 0 Å². The van der Waals surface area contributed by atoms with Crippen LogP contribution in [0.25, 0.3) is 0 Å². The molecule has 3 nitrogen and oxygen atoms in total. The molecular formula is C9H16N2O. The van der Waals surface area contributed by atoms with Gasteiger partial charge in [0.2, 0.25) is 5.91 Å². The number of amides is 1. The van der Waals surface area contributed by atoms with Crippen molar-refractivity contribution >= 4 is 5.91 Å². The van der Waals surface area contributed by atoms with E-state index in [1.54, 1.807) is 6.92 Å². The minimum atomic E-state index is -0.871. The van der Waals surface area contributed by atoms with Crippen LogP contribution in [0.4, 0.5) is 0 Å². The van der Waals surface area contributed by atoms with Gasteiger partial charge in [0, 0.05) is 6.04 Å². The first-order chi connectivity index (χ1) is 5.46. The maximum atomic E-state index is 11.4. The van der Waals surface area contributed by atoms with Crippen LogP contribution < -0.4 is 5.32 Å². The number of nitrogens with zero attached hydrogens (tertiary/aromatic N) is 1. The summed E-state index contributed by atoms with van der Waals surface area (Å²) < 4.78 is 0. The van der Waals surface area contributed by atoms with Gasteiger partial charge in [-0.05, 0) is 27.2 Å². The maximum absolute atomic E-state index is 11.4. The minimum Gasteiger partial charge on any atom is -0.353 e. The largest absolute Gasteiger partial charge is 0.353 e. The molecule has 0 aliphatic heterocycles. The highest BCUT2D eigenvalue weighted by Crippen LogP contribution is 2.19. The summed E-state index contributed by atoms with van der Waals surface area (Å²) in [7, 11) is 0. The molecule has 0 fully saturated rings. The zero-order valence-electron chi connectivity index (χ0n) is 8.14. The number of rotatable bonds is 3. The van der Waals surface area contributed by atoms with E-state index >= 15 is 0 Å². The van der Waals surface area contributed by atoms with Crippen LogP contribution in [0.3, 0.4) is 0 Å². The van der Waals surface area contributed by atoms with Gasteiger partial charge in [-0.1, -0.05) is 6.92 Å². The van der Waals surface area contributed by atoms with Gasteiger partial charge in [-0.25, -0.2) is 0 Å². The fourth-order valence-electron chi connectivity index (χ4n) is 0.712. The molecule has 12 heavy (non-hydrogen) atoms. The van der Waals surface area contributed by atoms with Crippen molar-refractivity contribution in [3.63, 3.8) is 0 Å². The quantitative estimate of drug-likeness (QED) is 0.693. The second-order valence-corrected chi connectivity index (χ2v) is 3.43. The number of hydrogen-bond donors (Lipinski definition) is 1. The Morgan fingerprint density at radius 2 is 2.17 bits per heavy atom. The Morgan fingerprint density at radius 3 is 2.42 bits per heavy atom. The van der Waals surface area contributed by atoms with Crippen LogP contribution in [0.2, 0.25) is 0 Å². The van der Waals surface area contributed by atoms with Crippen molar-refractivity contribution in [3.05, 3.63) is 0 Å². The lowest BCUT2D eigenvalue weighted by Gasteiger charge is -2.20. The predicted octanol–water partition coefficient (Wildman–Crippen LogP) is 1.45. The lowest BCUT2D eigenvalue weighted by molar-refractivity contribution is -0.128. The monoisotopic (exact) mass is 168 g/mol. The molecule has 0 saturated heterocycles. The third-order valence-corrected chi connectivity index (χ3v) is 1.87. The van der Waals surface area contributed by atoms with Crippen molar-refractivity contribution in [2.45, 2.75) is 40.2 Å². The van der Waals surface area contributed by atoms with Gasteiger partial charge in [-0.2, -0.15) is 5.26 Å². The summed E-state index contributed by atoms with van der Waals surface area (Å²) >= 11 is 0. The highest BCUT2D eigenvalue weighted by Gasteiger charge is 2.31. The van der Waals surface area contributed by atoms with E-state index in [4.69, 9.17) is 5.26 Å². The number of carbonyl (C=O) groups excluding carboxylic acids is 1. The highest BCUT2D eigenvalue weighted by atomic mass is 16.2. The van der Waals surface area contributed by atoms with E-state index in [-0.39, 0.29) is 11.9 Å². The predicted molar refractivity (Wildman–Crippen MR) is 47.3 cm³/mol. The Labute approximate surface area is 73.8 Å². The number of nitrogens with one attached hydrogen (secondary N) is 1. The second-order valence-electron chi connectivity index (χ2n) is 3.43. The standard InChI is InChI=1S/C9H16N2O/c1-5-9(4,6-10)8(12)11-7(2)3/h7H,5H2,1-4H3,(H,11,12). The van der Waals surface area contributed by atoms with Gasteiger partial charge in [0.05, 0.1) is 6.07 Å². The SMILES string of the molecule is CCC(C)(C#N)C(=O)NC(C)C. The van der Waals surface area contributed by atoms with Crippen molar-refractivity contribution in [2.75, 3.05) is 0 Å². The van der Waals surface area contributed by atoms with Crippen LogP contribution in [0.15, 0.2) is 0 Å². The maximum Gasteiger partial charge on any atom is 0.240 e. The molecule has 0 saturated carbocycles. The molecular weight excluding hydrogens is 152 g/mol. The fourth-order valence-corrected chi connectivity index (χ4v) is 0.712. The van der Waals surface area contributed by atoms with Gasteiger partial charge in [-0.15, -0.1) is 0 Å². The van der Waals surface area contributed by atoms with Gasteiger partial charge in [0.1, 0.15) is 5.41 Å². The zero-order chi connectivity index (χ0) is 9.78. The molecule has 1 N–H and O–H groups in total. The van der Waals surface area contributed by atoms with Crippen molar-refractivity contribution in [1.29, 1.82) is 5.26 Å². The van der Waals surface area contributed by atoms with E-state index < -0.39 is 5.41 Å². The lowest BCUT2D eigenvalue weighted by Crippen LogP contribution is -2.41. The smallest absolute Gasteiger partial charge is 0.240 e. The first-order valence-electron chi connectivity index (χ1n) is 4.18. The van der Waals surface area contributed by atoms with Gasteiger partial charge in [0.15, 0.2) is 0 Å². The van der Waals surface area contributed by atoms with E-state index in [1.165, 1.54) is 0 Å². The molecule has 0 heterocycles. The second kappa shape index (κ2) is 4.10. The summed E-state index contributed by atoms with van der Waals surface area (Å²) in [4.78, 5) is 11.4. The summed E-state index contributed by atoms with van der Waals surface area (Å²) in [6.07, 6.45) is 0.544. The van der Waals surface area contributed by atoms with Gasteiger partial charge in [0.25, 0.3) is 0 Å². The molecule has 0 rings (SSSR count). The topological polar surface area (TPSA) is 52.9 Å². The van der Waals surface area contributed by atoms with Crippen molar-refractivity contribution in [3.8, 4) is 6.07 Å². The summed E-state index contributed by atoms with van der Waals surface area (Å²) in [5.41, 5.74) is -0.871. The van der Waals surface area contributed by atoms with Crippen LogP contribution in [-0.4, -0.2) is 11.9 Å². The molecule has 0 bridgehead atoms. The Bertz CT molecular complexity index is 205. The average molecular weight is 168 g/mol. The van der Waals surface area contributed by atoms with Crippen LogP contribution in [0.5, 0.6) is 0 Å². The summed E-state index contributed by atoms with van der Waals surface area (Å²) in [5, 5.41) is 11.5. The normalized spacial score (nSPS) is 15.0. The molecule has 0 radical (unpaired) electrons. The molecule has 0 aliphatic carbocycles. The molecule has 1 amide bonds. The number of nitriles is 1. The van der Waals surface area contributed by atoms with Gasteiger partial charge < -0.3 is 5.32 Å². The van der Waals surface area contributed by atoms with Crippen LogP contribution >= 0.6 is 0 Å². The number of hydrogen-bond acceptors (Lipinski definition) is 2. The molecule has 0 aliphatic rings. The third-order valence-electron chi connectivity index (χ3n) is 1.87. The molecule has 1 unspecified atom stereocenters. The first-order valence-corrected chi connectivity index (χ1v) is 4.18. The highest BCUT2D eigenvalue weighted by molar-refractivity contribution is 5.85. The molecule has 0 aromatic heterocycles. The van der Waals surface area contributed by atoms with Gasteiger partial charge in [-0.3, -0.25) is 4.79 Å². The average Bonchev–Trinajstić information content (AvgIpc) is 2.02. The fraction of sp³-hybridized carbons (Fsp3) is 0.778. The molecule has 0 aromatic carbocycles. The molecule has 0 spiro atoms. The van der Waals surface area contributed by atoms with Crippen molar-refractivity contribution < 1.29 is 4.79 Å². The summed E-state index contributed by atoms with van der Waals surface area (Å²) in [6.45, 7) is 7.25. The van der Waals surface area contributed by atoms with Crippen molar-refractivity contribution in [1.82, 2.24) is 5.32 Å². The minimum absolute atomic E-state index is 0.0942. The zero-order valence-corrected chi connectivity index (χ0v) is 8.14. The van der Waals surface area contributed by atoms with Crippen molar-refractivity contribution in [2.24, 2.45) is 5.41 Å². The van der Waals surface area contributed by atoms with E-state index in [0.717, 1.165) is 0 Å². The third kappa shape index (κ3) is 2.54. The Morgan fingerprint density at radius 1 is 1.67 bits per heavy atom. The molecule has 0 aromatic rings. The van der Waals surface area contributed by atoms with Crippen LogP contribution in [0.1, 0.15) is 34.1 Å². The summed E-state index contributed by atoms with van der Waals surface area (Å²) in [6, 6.07) is 2.12. The molecule has 68 valence electrons. The Kier molecular flexibility index (Phi) is 3.75. The van der Waals surface area contributed by atoms with E-state index in [2.05, 4.69) is 5.32 Å². The van der Waals surface area contributed by atoms with E-state index in [9.17, 15) is 4.79 Å². The molecule has 3 heteroatoms. The van der Waals surface area contributed by atoms with Crippen LogP contribution in [-0.2, 0) is 4.79 Å². The number of carbonyl (C=O) groups is 1. The summed E-state index contributed by atoms with van der Waals surface area (Å²) in [5.74, 6) is -0.178. The molecule has 1 atom stereocenters. The van der Waals surface area contributed by atoms with Crippen LogP contribution in [0, 0.1) is 16.7 Å². The Balaban J connectivity index is 4.36. The van der Waals surface area contributed by atoms with E-state index in [0.29, 0.717) is 6.42 Å².